The topological polar surface area (TPSA) is 140 Å². The van der Waals surface area contributed by atoms with Gasteiger partial charge in [-0.15, -0.1) is 0 Å². The van der Waals surface area contributed by atoms with E-state index >= 15 is 0 Å². The fourth-order valence-electron chi connectivity index (χ4n) is 3.38. The van der Waals surface area contributed by atoms with Crippen LogP contribution < -0.4 is 20.1 Å². The molecule has 5 amide bonds. The summed E-state index contributed by atoms with van der Waals surface area (Å²) in [5, 5.41) is 4.50. The molecule has 0 fully saturated rings. The Morgan fingerprint density at radius 2 is 1.51 bits per heavy atom. The predicted molar refractivity (Wildman–Crippen MR) is 123 cm³/mol. The van der Waals surface area contributed by atoms with E-state index in [0.717, 1.165) is 4.90 Å². The number of imide groups is 2. The summed E-state index contributed by atoms with van der Waals surface area (Å²) in [7, 11) is 0. The number of fused-ring (bicyclic) bond motifs is 1. The van der Waals surface area contributed by atoms with E-state index < -0.39 is 42.4 Å². The number of nitrogens with zero attached hydrogens (tertiary/aromatic N) is 1. The number of carbonyl (C=O) groups excluding carboxylic acids is 5. The van der Waals surface area contributed by atoms with Crippen molar-refractivity contribution in [1.29, 1.82) is 0 Å². The molecule has 35 heavy (non-hydrogen) atoms. The smallest absolute Gasteiger partial charge is 0.329 e. The van der Waals surface area contributed by atoms with Gasteiger partial charge in [-0.1, -0.05) is 12.1 Å². The van der Waals surface area contributed by atoms with Gasteiger partial charge in [0.05, 0.1) is 24.3 Å². The molecule has 1 atom stereocenters. The van der Waals surface area contributed by atoms with Crippen molar-refractivity contribution in [2.75, 3.05) is 25.1 Å². The van der Waals surface area contributed by atoms with E-state index in [-0.39, 0.29) is 11.1 Å². The Hall–Kier alpha value is -4.41. The van der Waals surface area contributed by atoms with Crippen LogP contribution in [0.25, 0.3) is 0 Å². The van der Waals surface area contributed by atoms with Crippen molar-refractivity contribution in [2.24, 2.45) is 0 Å². The van der Waals surface area contributed by atoms with Crippen LogP contribution in [-0.2, 0) is 14.3 Å². The Bertz CT molecular complexity index is 1130. The number of anilines is 1. The number of ether oxygens (including phenoxy) is 3. The Kier molecular flexibility index (Phi) is 8.03. The van der Waals surface area contributed by atoms with Crippen LogP contribution in [0.4, 0.5) is 10.5 Å². The van der Waals surface area contributed by atoms with Gasteiger partial charge in [-0.2, -0.15) is 0 Å². The quantitative estimate of drug-likeness (QED) is 0.409. The van der Waals surface area contributed by atoms with Crippen LogP contribution >= 0.6 is 0 Å². The Labute approximate surface area is 201 Å². The monoisotopic (exact) mass is 483 g/mol. The molecule has 0 radical (unpaired) electrons. The van der Waals surface area contributed by atoms with E-state index in [9.17, 15) is 24.0 Å². The molecule has 2 aromatic carbocycles. The lowest BCUT2D eigenvalue weighted by molar-refractivity contribution is -0.151. The highest BCUT2D eigenvalue weighted by Crippen LogP contribution is 2.30. The lowest BCUT2D eigenvalue weighted by atomic mass is 10.1. The van der Waals surface area contributed by atoms with Gasteiger partial charge >= 0.3 is 12.0 Å². The molecule has 0 saturated carbocycles. The molecule has 0 bridgehead atoms. The average Bonchev–Trinajstić information content (AvgIpc) is 3.09. The number of esters is 1. The van der Waals surface area contributed by atoms with Crippen molar-refractivity contribution in [1.82, 2.24) is 10.2 Å². The SMILES string of the molecule is CCOc1ccc(NC(=O)NC(=O)COC(=O)C(C)N2C(=O)c3ccccc3C2=O)cc1OCC. The number of hydrogen-bond donors (Lipinski definition) is 2. The molecule has 1 aliphatic rings. The zero-order chi connectivity index (χ0) is 25.5. The van der Waals surface area contributed by atoms with E-state index in [4.69, 9.17) is 14.2 Å². The number of nitrogens with one attached hydrogen (secondary N) is 2. The van der Waals surface area contributed by atoms with E-state index in [1.807, 2.05) is 12.2 Å². The van der Waals surface area contributed by atoms with Crippen LogP contribution in [0.3, 0.4) is 0 Å². The van der Waals surface area contributed by atoms with Gasteiger partial charge in [0, 0.05) is 11.8 Å². The molecule has 11 heteroatoms. The lowest BCUT2D eigenvalue weighted by Gasteiger charge is -2.20. The summed E-state index contributed by atoms with van der Waals surface area (Å²) in [6.07, 6.45) is 0. The molecule has 11 nitrogen and oxygen atoms in total. The van der Waals surface area contributed by atoms with Crippen molar-refractivity contribution in [3.63, 3.8) is 0 Å². The van der Waals surface area contributed by atoms with Crippen molar-refractivity contribution < 1.29 is 38.2 Å². The molecular formula is C24H25N3O8. The number of hydrogen-bond acceptors (Lipinski definition) is 8. The predicted octanol–water partition coefficient (Wildman–Crippen LogP) is 2.36. The zero-order valence-corrected chi connectivity index (χ0v) is 19.5. The van der Waals surface area contributed by atoms with Crippen molar-refractivity contribution in [3.05, 3.63) is 53.6 Å². The standard InChI is InChI=1S/C24H25N3O8/c1-4-33-18-11-10-15(12-19(18)34-5-2)25-24(32)26-20(28)13-35-23(31)14(3)27-21(29)16-8-6-7-9-17(16)22(27)30/h6-12,14H,4-5,13H2,1-3H3,(H2,25,26,28,32). The molecule has 3 rings (SSSR count). The molecule has 184 valence electrons. The van der Waals surface area contributed by atoms with Crippen LogP contribution in [-0.4, -0.2) is 60.5 Å². The Morgan fingerprint density at radius 1 is 0.914 bits per heavy atom. The van der Waals surface area contributed by atoms with Gasteiger partial charge in [0.15, 0.2) is 18.1 Å². The van der Waals surface area contributed by atoms with Crippen LogP contribution in [0, 0.1) is 0 Å². The average molecular weight is 483 g/mol. The van der Waals surface area contributed by atoms with Crippen LogP contribution in [0.1, 0.15) is 41.5 Å². The van der Waals surface area contributed by atoms with E-state index in [2.05, 4.69) is 5.32 Å². The first-order valence-corrected chi connectivity index (χ1v) is 10.9. The lowest BCUT2D eigenvalue weighted by Crippen LogP contribution is -2.45. The molecule has 0 aromatic heterocycles. The van der Waals surface area contributed by atoms with E-state index in [0.29, 0.717) is 30.4 Å². The molecule has 1 unspecified atom stereocenters. The highest BCUT2D eigenvalue weighted by Gasteiger charge is 2.41. The van der Waals surface area contributed by atoms with Gasteiger partial charge in [-0.3, -0.25) is 24.6 Å². The fraction of sp³-hybridized carbons (Fsp3) is 0.292. The van der Waals surface area contributed by atoms with E-state index in [1.54, 1.807) is 37.3 Å². The highest BCUT2D eigenvalue weighted by atomic mass is 16.5. The second kappa shape index (κ2) is 11.1. The van der Waals surface area contributed by atoms with Gasteiger partial charge in [-0.25, -0.2) is 9.59 Å². The van der Waals surface area contributed by atoms with E-state index in [1.165, 1.54) is 19.1 Å². The summed E-state index contributed by atoms with van der Waals surface area (Å²) in [6.45, 7) is 4.99. The van der Waals surface area contributed by atoms with Gasteiger partial charge in [0.2, 0.25) is 0 Å². The maximum atomic E-state index is 12.5. The second-order valence-electron chi connectivity index (χ2n) is 7.34. The minimum absolute atomic E-state index is 0.188. The number of benzene rings is 2. The Morgan fingerprint density at radius 3 is 2.11 bits per heavy atom. The molecule has 1 heterocycles. The summed E-state index contributed by atoms with van der Waals surface area (Å²) in [5.41, 5.74) is 0.722. The molecular weight excluding hydrogens is 458 g/mol. The van der Waals surface area contributed by atoms with Crippen LogP contribution in [0.15, 0.2) is 42.5 Å². The summed E-state index contributed by atoms with van der Waals surface area (Å²) < 4.78 is 15.8. The van der Waals surface area contributed by atoms with Crippen molar-refractivity contribution in [3.8, 4) is 11.5 Å². The largest absolute Gasteiger partial charge is 0.490 e. The first kappa shape index (κ1) is 25.2. The van der Waals surface area contributed by atoms with Gasteiger partial charge < -0.3 is 19.5 Å². The third-order valence-corrected chi connectivity index (χ3v) is 4.95. The normalized spacial score (nSPS) is 13.1. The van der Waals surface area contributed by atoms with Gasteiger partial charge in [0.25, 0.3) is 17.7 Å². The fourth-order valence-corrected chi connectivity index (χ4v) is 3.38. The summed E-state index contributed by atoms with van der Waals surface area (Å²) in [6, 6.07) is 8.81. The maximum Gasteiger partial charge on any atom is 0.329 e. The number of carbonyl (C=O) groups is 5. The van der Waals surface area contributed by atoms with Crippen molar-refractivity contribution in [2.45, 2.75) is 26.8 Å². The molecule has 0 spiro atoms. The molecule has 2 N–H and O–H groups in total. The maximum absolute atomic E-state index is 12.5. The number of urea groups is 1. The minimum atomic E-state index is -1.26. The second-order valence-corrected chi connectivity index (χ2v) is 7.34. The third kappa shape index (κ3) is 5.75. The molecule has 0 aliphatic carbocycles. The Balaban J connectivity index is 1.51. The number of amides is 5. The van der Waals surface area contributed by atoms with Gasteiger partial charge in [0.1, 0.15) is 6.04 Å². The summed E-state index contributed by atoms with van der Waals surface area (Å²) in [5.74, 6) is -2.18. The first-order chi connectivity index (χ1) is 16.8. The van der Waals surface area contributed by atoms with Crippen LogP contribution in [0.5, 0.6) is 11.5 Å². The van der Waals surface area contributed by atoms with Crippen LogP contribution in [0.2, 0.25) is 0 Å². The number of rotatable bonds is 9. The highest BCUT2D eigenvalue weighted by molar-refractivity contribution is 6.22. The first-order valence-electron chi connectivity index (χ1n) is 10.9. The molecule has 0 saturated heterocycles. The van der Waals surface area contributed by atoms with Crippen molar-refractivity contribution >= 4 is 35.4 Å². The van der Waals surface area contributed by atoms with Gasteiger partial charge in [-0.05, 0) is 45.0 Å². The third-order valence-electron chi connectivity index (χ3n) is 4.95. The minimum Gasteiger partial charge on any atom is -0.490 e. The molecule has 2 aromatic rings. The zero-order valence-electron chi connectivity index (χ0n) is 19.5. The summed E-state index contributed by atoms with van der Waals surface area (Å²) >= 11 is 0. The summed E-state index contributed by atoms with van der Waals surface area (Å²) in [4.78, 5) is 62.3. The molecule has 1 aliphatic heterocycles.